The van der Waals surface area contributed by atoms with E-state index in [1.54, 1.807) is 12.1 Å². The molecule has 4 nitrogen and oxygen atoms in total. The molecule has 0 aliphatic heterocycles. The second-order valence-corrected chi connectivity index (χ2v) is 4.16. The number of hydrogen-bond donors (Lipinski definition) is 1. The Hall–Kier alpha value is -1.55. The topological polar surface area (TPSA) is 55.8 Å². The van der Waals surface area contributed by atoms with Crippen LogP contribution in [0.1, 0.15) is 18.4 Å². The van der Waals surface area contributed by atoms with E-state index in [4.69, 9.17) is 9.47 Å². The number of rotatable bonds is 5. The summed E-state index contributed by atoms with van der Waals surface area (Å²) in [4.78, 5) is 11.6. The summed E-state index contributed by atoms with van der Waals surface area (Å²) >= 11 is 0. The van der Waals surface area contributed by atoms with Gasteiger partial charge in [0.2, 0.25) is 0 Å². The lowest BCUT2D eigenvalue weighted by molar-refractivity contribution is -0.149. The second-order valence-electron chi connectivity index (χ2n) is 4.16. The highest BCUT2D eigenvalue weighted by Crippen LogP contribution is 2.36. The maximum Gasteiger partial charge on any atom is 0.347 e. The molecule has 1 saturated carbocycles. The van der Waals surface area contributed by atoms with E-state index in [0.29, 0.717) is 11.3 Å². The molecule has 1 fully saturated rings. The lowest BCUT2D eigenvalue weighted by Gasteiger charge is -2.18. The number of carbonyl (C=O) groups excluding carboxylic acids is 1. The van der Waals surface area contributed by atoms with E-state index in [2.05, 4.69) is 0 Å². The van der Waals surface area contributed by atoms with Gasteiger partial charge in [0.15, 0.2) is 6.10 Å². The van der Waals surface area contributed by atoms with E-state index in [1.807, 2.05) is 12.1 Å². The third-order valence-electron chi connectivity index (χ3n) is 2.88. The van der Waals surface area contributed by atoms with Crippen molar-refractivity contribution < 1.29 is 19.4 Å². The molecule has 1 aliphatic carbocycles. The van der Waals surface area contributed by atoms with Gasteiger partial charge in [0.25, 0.3) is 0 Å². The molecule has 0 saturated heterocycles. The largest absolute Gasteiger partial charge is 0.478 e. The first kappa shape index (κ1) is 11.9. The fourth-order valence-electron chi connectivity index (χ4n) is 1.74. The summed E-state index contributed by atoms with van der Waals surface area (Å²) in [5.74, 6) is 0.451. The van der Waals surface area contributed by atoms with Crippen molar-refractivity contribution in [2.24, 2.45) is 5.92 Å². The van der Waals surface area contributed by atoms with Crippen LogP contribution in [0.5, 0.6) is 5.75 Å². The molecular weight excluding hydrogens is 220 g/mol. The van der Waals surface area contributed by atoms with Crippen molar-refractivity contribution in [3.63, 3.8) is 0 Å². The Labute approximate surface area is 100 Å². The van der Waals surface area contributed by atoms with Crippen molar-refractivity contribution in [2.45, 2.75) is 25.6 Å². The molecule has 1 aliphatic rings. The number of esters is 1. The van der Waals surface area contributed by atoms with Crippen LogP contribution in [-0.2, 0) is 16.1 Å². The van der Waals surface area contributed by atoms with E-state index in [0.717, 1.165) is 12.8 Å². The van der Waals surface area contributed by atoms with Crippen LogP contribution in [0.3, 0.4) is 0 Å². The molecule has 0 aromatic heterocycles. The molecule has 1 N–H and O–H groups in total. The molecular formula is C13H16O4. The number of carbonyl (C=O) groups is 1. The van der Waals surface area contributed by atoms with Crippen molar-refractivity contribution >= 4 is 5.97 Å². The molecule has 17 heavy (non-hydrogen) atoms. The molecule has 1 atom stereocenters. The fraction of sp³-hybridized carbons (Fsp3) is 0.462. The molecule has 92 valence electrons. The summed E-state index contributed by atoms with van der Waals surface area (Å²) in [5, 5.41) is 9.19. The molecule has 1 unspecified atom stereocenters. The van der Waals surface area contributed by atoms with Gasteiger partial charge in [-0.1, -0.05) is 18.2 Å². The Morgan fingerprint density at radius 1 is 1.47 bits per heavy atom. The summed E-state index contributed by atoms with van der Waals surface area (Å²) in [6.07, 6.45) is 1.43. The molecule has 0 radical (unpaired) electrons. The Balaban J connectivity index is 2.14. The number of ether oxygens (including phenoxy) is 2. The van der Waals surface area contributed by atoms with Gasteiger partial charge in [-0.2, -0.15) is 0 Å². The predicted octanol–water partition coefficient (Wildman–Crippen LogP) is 1.51. The summed E-state index contributed by atoms with van der Waals surface area (Å²) in [6, 6.07) is 7.17. The van der Waals surface area contributed by atoms with Gasteiger partial charge < -0.3 is 14.6 Å². The predicted molar refractivity (Wildman–Crippen MR) is 61.5 cm³/mol. The van der Waals surface area contributed by atoms with Gasteiger partial charge in [0, 0.05) is 11.5 Å². The molecule has 0 amide bonds. The van der Waals surface area contributed by atoms with E-state index >= 15 is 0 Å². The highest BCUT2D eigenvalue weighted by Gasteiger charge is 2.39. The van der Waals surface area contributed by atoms with Crippen molar-refractivity contribution in [1.82, 2.24) is 0 Å². The lowest BCUT2D eigenvalue weighted by Crippen LogP contribution is -2.31. The lowest BCUT2D eigenvalue weighted by atomic mass is 10.2. The quantitative estimate of drug-likeness (QED) is 0.787. The van der Waals surface area contributed by atoms with Crippen LogP contribution >= 0.6 is 0 Å². The average Bonchev–Trinajstić information content (AvgIpc) is 3.19. The average molecular weight is 236 g/mol. The second kappa shape index (κ2) is 5.19. The van der Waals surface area contributed by atoms with Gasteiger partial charge in [-0.25, -0.2) is 4.79 Å². The van der Waals surface area contributed by atoms with Crippen LogP contribution in [-0.4, -0.2) is 24.3 Å². The minimum Gasteiger partial charge on any atom is -0.478 e. The summed E-state index contributed by atoms with van der Waals surface area (Å²) < 4.78 is 10.4. The van der Waals surface area contributed by atoms with Crippen LogP contribution < -0.4 is 4.74 Å². The molecule has 0 bridgehead atoms. The summed E-state index contributed by atoms with van der Waals surface area (Å²) in [5.41, 5.74) is 0.682. The first-order chi connectivity index (χ1) is 8.26. The van der Waals surface area contributed by atoms with E-state index in [9.17, 15) is 9.90 Å². The minimum absolute atomic E-state index is 0.102. The van der Waals surface area contributed by atoms with Gasteiger partial charge in [-0.3, -0.25) is 0 Å². The molecule has 4 heteroatoms. The van der Waals surface area contributed by atoms with Crippen LogP contribution in [0.15, 0.2) is 24.3 Å². The fourth-order valence-corrected chi connectivity index (χ4v) is 1.74. The standard InChI is InChI=1S/C13H16O4/c1-16-13(15)12(9-6-7-9)17-11-5-3-2-4-10(11)8-14/h2-5,9,12,14H,6-8H2,1H3. The van der Waals surface area contributed by atoms with Gasteiger partial charge in [0.05, 0.1) is 13.7 Å². The zero-order chi connectivity index (χ0) is 12.3. The number of hydrogen-bond acceptors (Lipinski definition) is 4. The Bertz CT molecular complexity index is 398. The van der Waals surface area contributed by atoms with Gasteiger partial charge >= 0.3 is 5.97 Å². The van der Waals surface area contributed by atoms with Crippen LogP contribution in [0.4, 0.5) is 0 Å². The van der Waals surface area contributed by atoms with Gasteiger partial charge in [-0.15, -0.1) is 0 Å². The highest BCUT2D eigenvalue weighted by atomic mass is 16.6. The number of aliphatic hydroxyl groups is 1. The first-order valence-corrected chi connectivity index (χ1v) is 5.69. The summed E-state index contributed by atoms with van der Waals surface area (Å²) in [6.45, 7) is -0.102. The molecule has 0 spiro atoms. The van der Waals surface area contributed by atoms with Crippen molar-refractivity contribution in [3.8, 4) is 5.75 Å². The van der Waals surface area contributed by atoms with E-state index in [-0.39, 0.29) is 18.5 Å². The number of aliphatic hydroxyl groups excluding tert-OH is 1. The monoisotopic (exact) mass is 236 g/mol. The minimum atomic E-state index is -0.548. The number of methoxy groups -OCH3 is 1. The summed E-state index contributed by atoms with van der Waals surface area (Å²) in [7, 11) is 1.36. The van der Waals surface area contributed by atoms with E-state index < -0.39 is 6.10 Å². The van der Waals surface area contributed by atoms with Gasteiger partial charge in [-0.05, 0) is 18.9 Å². The maximum absolute atomic E-state index is 11.6. The SMILES string of the molecule is COC(=O)C(Oc1ccccc1CO)C1CC1. The zero-order valence-corrected chi connectivity index (χ0v) is 9.76. The van der Waals surface area contributed by atoms with Crippen molar-refractivity contribution in [3.05, 3.63) is 29.8 Å². The van der Waals surface area contributed by atoms with E-state index in [1.165, 1.54) is 7.11 Å². The van der Waals surface area contributed by atoms with Crippen LogP contribution in [0, 0.1) is 5.92 Å². The number of benzene rings is 1. The zero-order valence-electron chi connectivity index (χ0n) is 9.76. The third kappa shape index (κ3) is 2.77. The normalized spacial score (nSPS) is 16.4. The third-order valence-corrected chi connectivity index (χ3v) is 2.88. The smallest absolute Gasteiger partial charge is 0.347 e. The Morgan fingerprint density at radius 2 is 2.18 bits per heavy atom. The molecule has 0 heterocycles. The maximum atomic E-state index is 11.6. The van der Waals surface area contributed by atoms with Crippen molar-refractivity contribution in [1.29, 1.82) is 0 Å². The van der Waals surface area contributed by atoms with Crippen LogP contribution in [0.2, 0.25) is 0 Å². The molecule has 1 aromatic carbocycles. The first-order valence-electron chi connectivity index (χ1n) is 5.69. The number of para-hydroxylation sites is 1. The molecule has 2 rings (SSSR count). The Morgan fingerprint density at radius 3 is 2.76 bits per heavy atom. The van der Waals surface area contributed by atoms with Crippen molar-refractivity contribution in [2.75, 3.05) is 7.11 Å². The molecule has 1 aromatic rings. The van der Waals surface area contributed by atoms with Gasteiger partial charge in [0.1, 0.15) is 5.75 Å². The van der Waals surface area contributed by atoms with Crippen LogP contribution in [0.25, 0.3) is 0 Å². The highest BCUT2D eigenvalue weighted by molar-refractivity contribution is 5.75. The Kier molecular flexibility index (Phi) is 3.64.